The first-order valence-corrected chi connectivity index (χ1v) is 5.76. The Kier molecular flexibility index (Phi) is 3.82. The van der Waals surface area contributed by atoms with Crippen molar-refractivity contribution in [2.75, 3.05) is 0 Å². The van der Waals surface area contributed by atoms with E-state index < -0.39 is 0 Å². The molecule has 0 aliphatic rings. The van der Waals surface area contributed by atoms with Crippen molar-refractivity contribution in [3.63, 3.8) is 0 Å². The van der Waals surface area contributed by atoms with E-state index in [-0.39, 0.29) is 0 Å². The third-order valence-electron chi connectivity index (χ3n) is 2.62. The van der Waals surface area contributed by atoms with Crippen LogP contribution in [-0.2, 0) is 6.54 Å². The monoisotopic (exact) mass is 232 g/mol. The highest BCUT2D eigenvalue weighted by molar-refractivity contribution is 5.52. The predicted molar refractivity (Wildman–Crippen MR) is 64.1 cm³/mol. The van der Waals surface area contributed by atoms with Crippen LogP contribution in [0.15, 0.2) is 29.0 Å². The Morgan fingerprint density at radius 1 is 1.35 bits per heavy atom. The average molecular weight is 232 g/mol. The van der Waals surface area contributed by atoms with Crippen LogP contribution < -0.4 is 5.32 Å². The number of nitrogens with zero attached hydrogens (tertiary/aromatic N) is 3. The highest BCUT2D eigenvalue weighted by Crippen LogP contribution is 2.13. The summed E-state index contributed by atoms with van der Waals surface area (Å²) in [6, 6.07) is 4.17. The van der Waals surface area contributed by atoms with Gasteiger partial charge in [-0.05, 0) is 25.5 Å². The standard InChI is InChI=1S/C12H16N4O/c1-3-9(2)14-8-11-15-12(16-17-11)10-4-6-13-7-5-10/h4-7,9,14H,3,8H2,1-2H3. The predicted octanol–water partition coefficient (Wildman–Crippen LogP) is 2.02. The Morgan fingerprint density at radius 3 is 2.82 bits per heavy atom. The summed E-state index contributed by atoms with van der Waals surface area (Å²) < 4.78 is 5.17. The van der Waals surface area contributed by atoms with Crippen LogP contribution in [0.4, 0.5) is 0 Å². The molecule has 0 aromatic carbocycles. The molecule has 0 saturated heterocycles. The van der Waals surface area contributed by atoms with Gasteiger partial charge in [-0.2, -0.15) is 4.98 Å². The fourth-order valence-corrected chi connectivity index (χ4v) is 1.35. The molecule has 0 aliphatic heterocycles. The van der Waals surface area contributed by atoms with Gasteiger partial charge in [0.1, 0.15) is 0 Å². The summed E-state index contributed by atoms with van der Waals surface area (Å²) in [7, 11) is 0. The van der Waals surface area contributed by atoms with Crippen LogP contribution in [0.3, 0.4) is 0 Å². The number of aromatic nitrogens is 3. The Hall–Kier alpha value is -1.75. The molecular weight excluding hydrogens is 216 g/mol. The molecule has 17 heavy (non-hydrogen) atoms. The molecule has 1 unspecified atom stereocenters. The Morgan fingerprint density at radius 2 is 2.12 bits per heavy atom. The van der Waals surface area contributed by atoms with Crippen LogP contribution >= 0.6 is 0 Å². The Bertz CT molecular complexity index is 455. The van der Waals surface area contributed by atoms with Crippen molar-refractivity contribution in [3.05, 3.63) is 30.4 Å². The van der Waals surface area contributed by atoms with Crippen LogP contribution in [0, 0.1) is 0 Å². The van der Waals surface area contributed by atoms with Crippen molar-refractivity contribution >= 4 is 0 Å². The molecule has 2 aromatic rings. The zero-order valence-electron chi connectivity index (χ0n) is 10.1. The minimum absolute atomic E-state index is 0.450. The first-order chi connectivity index (χ1) is 8.29. The highest BCUT2D eigenvalue weighted by Gasteiger charge is 2.08. The highest BCUT2D eigenvalue weighted by atomic mass is 16.5. The lowest BCUT2D eigenvalue weighted by atomic mass is 10.2. The summed E-state index contributed by atoms with van der Waals surface area (Å²) in [4.78, 5) is 8.27. The van der Waals surface area contributed by atoms with Crippen LogP contribution in [0.5, 0.6) is 0 Å². The number of nitrogens with one attached hydrogen (secondary N) is 1. The molecule has 0 aliphatic carbocycles. The zero-order valence-corrected chi connectivity index (χ0v) is 10.1. The lowest BCUT2D eigenvalue weighted by Crippen LogP contribution is -2.24. The van der Waals surface area contributed by atoms with Crippen molar-refractivity contribution < 1.29 is 4.52 Å². The van der Waals surface area contributed by atoms with Crippen molar-refractivity contribution in [3.8, 4) is 11.4 Å². The second-order valence-electron chi connectivity index (χ2n) is 3.94. The molecule has 2 aromatic heterocycles. The van der Waals surface area contributed by atoms with E-state index in [1.165, 1.54) is 0 Å². The quantitative estimate of drug-likeness (QED) is 0.854. The minimum Gasteiger partial charge on any atom is -0.338 e. The minimum atomic E-state index is 0.450. The number of pyridine rings is 1. The van der Waals surface area contributed by atoms with E-state index in [4.69, 9.17) is 4.52 Å². The summed E-state index contributed by atoms with van der Waals surface area (Å²) in [6.45, 7) is 4.86. The van der Waals surface area contributed by atoms with Crippen LogP contribution in [-0.4, -0.2) is 21.2 Å². The Labute approximate surface area is 100 Å². The maximum atomic E-state index is 5.17. The first kappa shape index (κ1) is 11.7. The molecule has 0 fully saturated rings. The summed E-state index contributed by atoms with van der Waals surface area (Å²) in [5, 5.41) is 7.24. The molecular formula is C12H16N4O. The maximum Gasteiger partial charge on any atom is 0.240 e. The van der Waals surface area contributed by atoms with Crippen LogP contribution in [0.1, 0.15) is 26.2 Å². The fourth-order valence-electron chi connectivity index (χ4n) is 1.35. The number of rotatable bonds is 5. The van der Waals surface area contributed by atoms with Gasteiger partial charge >= 0.3 is 0 Å². The van der Waals surface area contributed by atoms with Crippen LogP contribution in [0.2, 0.25) is 0 Å². The molecule has 0 radical (unpaired) electrons. The molecule has 5 nitrogen and oxygen atoms in total. The van der Waals surface area contributed by atoms with Gasteiger partial charge in [-0.25, -0.2) is 0 Å². The smallest absolute Gasteiger partial charge is 0.240 e. The van der Waals surface area contributed by atoms with Gasteiger partial charge in [-0.1, -0.05) is 12.1 Å². The topological polar surface area (TPSA) is 63.8 Å². The summed E-state index contributed by atoms with van der Waals surface area (Å²) in [6.07, 6.45) is 4.50. The SMILES string of the molecule is CCC(C)NCc1nc(-c2ccncc2)no1. The van der Waals surface area contributed by atoms with E-state index in [2.05, 4.69) is 34.3 Å². The molecule has 1 atom stereocenters. The van der Waals surface area contributed by atoms with E-state index in [9.17, 15) is 0 Å². The molecule has 0 spiro atoms. The number of hydrogen-bond donors (Lipinski definition) is 1. The van der Waals surface area contributed by atoms with Gasteiger partial charge in [0.2, 0.25) is 11.7 Å². The molecule has 0 bridgehead atoms. The zero-order chi connectivity index (χ0) is 12.1. The second kappa shape index (κ2) is 5.54. The number of hydrogen-bond acceptors (Lipinski definition) is 5. The largest absolute Gasteiger partial charge is 0.338 e. The van der Waals surface area contributed by atoms with E-state index >= 15 is 0 Å². The average Bonchev–Trinajstić information content (AvgIpc) is 2.86. The van der Waals surface area contributed by atoms with Gasteiger partial charge in [0.05, 0.1) is 6.54 Å². The van der Waals surface area contributed by atoms with Gasteiger partial charge in [-0.15, -0.1) is 0 Å². The van der Waals surface area contributed by atoms with Crippen molar-refractivity contribution in [1.29, 1.82) is 0 Å². The molecule has 1 N–H and O–H groups in total. The van der Waals surface area contributed by atoms with E-state index in [0.717, 1.165) is 12.0 Å². The Balaban J connectivity index is 2.01. The van der Waals surface area contributed by atoms with E-state index in [1.807, 2.05) is 12.1 Å². The lowest BCUT2D eigenvalue weighted by molar-refractivity contribution is 0.358. The van der Waals surface area contributed by atoms with Crippen molar-refractivity contribution in [2.45, 2.75) is 32.9 Å². The molecule has 0 saturated carbocycles. The van der Waals surface area contributed by atoms with E-state index in [1.54, 1.807) is 12.4 Å². The molecule has 5 heteroatoms. The maximum absolute atomic E-state index is 5.17. The fraction of sp³-hybridized carbons (Fsp3) is 0.417. The normalized spacial score (nSPS) is 12.6. The lowest BCUT2D eigenvalue weighted by Gasteiger charge is -2.07. The second-order valence-corrected chi connectivity index (χ2v) is 3.94. The summed E-state index contributed by atoms with van der Waals surface area (Å²) in [5.74, 6) is 1.21. The van der Waals surface area contributed by atoms with Crippen molar-refractivity contribution in [1.82, 2.24) is 20.4 Å². The summed E-state index contributed by atoms with van der Waals surface area (Å²) >= 11 is 0. The van der Waals surface area contributed by atoms with Gasteiger partial charge in [0, 0.05) is 24.0 Å². The molecule has 2 rings (SSSR count). The van der Waals surface area contributed by atoms with Gasteiger partial charge < -0.3 is 9.84 Å². The van der Waals surface area contributed by atoms with Gasteiger partial charge in [0.25, 0.3) is 0 Å². The third kappa shape index (κ3) is 3.10. The first-order valence-electron chi connectivity index (χ1n) is 5.76. The summed E-state index contributed by atoms with van der Waals surface area (Å²) in [5.41, 5.74) is 0.915. The molecule has 90 valence electrons. The van der Waals surface area contributed by atoms with Crippen LogP contribution in [0.25, 0.3) is 11.4 Å². The molecule has 0 amide bonds. The van der Waals surface area contributed by atoms with Gasteiger partial charge in [0.15, 0.2) is 0 Å². The third-order valence-corrected chi connectivity index (χ3v) is 2.62. The van der Waals surface area contributed by atoms with Gasteiger partial charge in [-0.3, -0.25) is 4.98 Å². The van der Waals surface area contributed by atoms with Crippen molar-refractivity contribution in [2.24, 2.45) is 0 Å². The van der Waals surface area contributed by atoms with E-state index in [0.29, 0.717) is 24.3 Å². The molecule has 2 heterocycles.